The van der Waals surface area contributed by atoms with Crippen LogP contribution in [-0.4, -0.2) is 22.6 Å². The molecule has 0 aliphatic carbocycles. The third-order valence-corrected chi connectivity index (χ3v) is 7.73. The number of pyridine rings is 1. The number of hydrogen-bond acceptors (Lipinski definition) is 5. The lowest BCUT2D eigenvalue weighted by molar-refractivity contribution is -0.118. The predicted molar refractivity (Wildman–Crippen MR) is 167 cm³/mol. The number of rotatable bonds is 8. The lowest BCUT2D eigenvalue weighted by Gasteiger charge is -2.26. The first-order valence-corrected chi connectivity index (χ1v) is 14.3. The number of thiocarbonyl (C=S) groups is 1. The Kier molecular flexibility index (Phi) is 7.98. The van der Waals surface area contributed by atoms with Gasteiger partial charge in [0.2, 0.25) is 0 Å². The van der Waals surface area contributed by atoms with Gasteiger partial charge >= 0.3 is 0 Å². The maximum absolute atomic E-state index is 13.7. The highest BCUT2D eigenvalue weighted by Crippen LogP contribution is 2.43. The van der Waals surface area contributed by atoms with Gasteiger partial charge in [0.25, 0.3) is 5.91 Å². The van der Waals surface area contributed by atoms with Crippen LogP contribution in [0.5, 0.6) is 5.75 Å². The predicted octanol–water partition coefficient (Wildman–Crippen LogP) is 7.44. The molecular weight excluding hydrogens is 619 g/mol. The summed E-state index contributed by atoms with van der Waals surface area (Å²) < 4.78 is 26.2. The van der Waals surface area contributed by atoms with E-state index in [4.69, 9.17) is 21.4 Å². The highest BCUT2D eigenvalue weighted by Gasteiger charge is 2.42. The van der Waals surface area contributed by atoms with Crippen LogP contribution in [-0.2, 0) is 4.79 Å². The number of carbonyl (C=O) groups is 1. The van der Waals surface area contributed by atoms with Gasteiger partial charge in [-0.25, -0.2) is 4.39 Å². The van der Waals surface area contributed by atoms with Crippen molar-refractivity contribution in [2.24, 2.45) is 0 Å². The third-order valence-electron chi connectivity index (χ3n) is 6.76. The molecule has 0 bridgehead atoms. The molecule has 6 rings (SSSR count). The number of halogens is 2. The third kappa shape index (κ3) is 5.90. The molecule has 0 spiro atoms. The number of nitrogens with zero attached hydrogens (tertiary/aromatic N) is 2. The molecule has 0 radical (unpaired) electrons. The van der Waals surface area contributed by atoms with Crippen LogP contribution in [0, 0.1) is 5.82 Å². The molecule has 7 nitrogen and oxygen atoms in total. The Hall–Kier alpha value is -4.54. The molecule has 2 atom stereocenters. The lowest BCUT2D eigenvalue weighted by Crippen LogP contribution is -2.29. The van der Waals surface area contributed by atoms with Crippen LogP contribution in [0.15, 0.2) is 118 Å². The van der Waals surface area contributed by atoms with Crippen molar-refractivity contribution in [1.82, 2.24) is 10.3 Å². The molecule has 1 fully saturated rings. The van der Waals surface area contributed by atoms with Crippen LogP contribution >= 0.6 is 28.1 Å². The maximum atomic E-state index is 13.7. The number of carbonyl (C=O) groups excluding carboxylic acids is 1. The number of para-hydroxylation sites is 1. The summed E-state index contributed by atoms with van der Waals surface area (Å²) in [4.78, 5) is 19.0. The SMILES string of the molecule is O=C(COc1ccccc1)Nc1ccc(N2C(=S)N[C@@H](c3ccccn3)[C@@H]2c2ccc(-c3ccc(F)cc3Br)o2)cc1. The molecule has 3 aromatic carbocycles. The van der Waals surface area contributed by atoms with Crippen molar-refractivity contribution < 1.29 is 18.3 Å². The molecule has 10 heteroatoms. The van der Waals surface area contributed by atoms with Crippen LogP contribution in [0.4, 0.5) is 15.8 Å². The van der Waals surface area contributed by atoms with Crippen LogP contribution in [0.3, 0.4) is 0 Å². The van der Waals surface area contributed by atoms with Crippen molar-refractivity contribution in [2.45, 2.75) is 12.1 Å². The monoisotopic (exact) mass is 642 g/mol. The van der Waals surface area contributed by atoms with Crippen molar-refractivity contribution in [1.29, 1.82) is 0 Å². The highest BCUT2D eigenvalue weighted by atomic mass is 79.9. The second-order valence-corrected chi connectivity index (χ2v) is 10.8. The molecule has 2 aromatic heterocycles. The Bertz CT molecular complexity index is 1720. The molecule has 210 valence electrons. The zero-order valence-electron chi connectivity index (χ0n) is 22.0. The van der Waals surface area contributed by atoms with E-state index in [-0.39, 0.29) is 30.4 Å². The van der Waals surface area contributed by atoms with E-state index in [2.05, 4.69) is 31.5 Å². The second kappa shape index (κ2) is 12.1. The standard InChI is InChI=1S/C32H24BrFN4O3S/c33-25-18-20(34)9-14-24(25)27-15-16-28(41-27)31-30(26-8-4-5-17-35-26)37-32(42)38(31)22-12-10-21(11-13-22)36-29(39)19-40-23-6-2-1-3-7-23/h1-18,30-31H,19H2,(H,36,39)(H,37,42)/t30-,31-/m0/s1. The van der Waals surface area contributed by atoms with E-state index in [0.717, 1.165) is 16.9 Å². The van der Waals surface area contributed by atoms with Crippen molar-refractivity contribution >= 4 is 50.5 Å². The van der Waals surface area contributed by atoms with Gasteiger partial charge in [-0.2, -0.15) is 0 Å². The van der Waals surface area contributed by atoms with Gasteiger partial charge in [-0.3, -0.25) is 9.78 Å². The molecule has 1 aliphatic heterocycles. The number of aromatic nitrogens is 1. The van der Waals surface area contributed by atoms with Crippen LogP contribution < -0.4 is 20.3 Å². The van der Waals surface area contributed by atoms with Gasteiger partial charge in [0.1, 0.15) is 29.1 Å². The van der Waals surface area contributed by atoms with Crippen molar-refractivity contribution in [3.63, 3.8) is 0 Å². The summed E-state index contributed by atoms with van der Waals surface area (Å²) in [6.45, 7) is -0.106. The molecule has 3 heterocycles. The van der Waals surface area contributed by atoms with Gasteiger partial charge in [0.15, 0.2) is 11.7 Å². The molecule has 5 aromatic rings. The van der Waals surface area contributed by atoms with Gasteiger partial charge < -0.3 is 24.7 Å². The van der Waals surface area contributed by atoms with E-state index in [9.17, 15) is 9.18 Å². The number of hydrogen-bond donors (Lipinski definition) is 2. The number of benzene rings is 3. The lowest BCUT2D eigenvalue weighted by atomic mass is 10.0. The zero-order chi connectivity index (χ0) is 29.1. The highest BCUT2D eigenvalue weighted by molar-refractivity contribution is 9.10. The van der Waals surface area contributed by atoms with Gasteiger partial charge in [0.05, 0.1) is 11.7 Å². The smallest absolute Gasteiger partial charge is 0.262 e. The Morgan fingerprint density at radius 3 is 2.55 bits per heavy atom. The zero-order valence-corrected chi connectivity index (χ0v) is 24.4. The molecule has 0 saturated carbocycles. The normalized spacial score (nSPS) is 16.2. The minimum Gasteiger partial charge on any atom is -0.484 e. The molecule has 1 amide bonds. The fraction of sp³-hybridized carbons (Fsp3) is 0.0938. The average Bonchev–Trinajstić information content (AvgIpc) is 3.62. The molecule has 1 saturated heterocycles. The van der Waals surface area contributed by atoms with Gasteiger partial charge in [0, 0.05) is 27.6 Å². The van der Waals surface area contributed by atoms with E-state index in [1.54, 1.807) is 24.4 Å². The number of furan rings is 1. The summed E-state index contributed by atoms with van der Waals surface area (Å²) in [5.41, 5.74) is 2.96. The number of anilines is 2. The largest absolute Gasteiger partial charge is 0.484 e. The minimum absolute atomic E-state index is 0.106. The molecule has 42 heavy (non-hydrogen) atoms. The first-order valence-electron chi connectivity index (χ1n) is 13.1. The van der Waals surface area contributed by atoms with E-state index >= 15 is 0 Å². The first-order chi connectivity index (χ1) is 20.5. The summed E-state index contributed by atoms with van der Waals surface area (Å²) in [5.74, 6) is 1.25. The van der Waals surface area contributed by atoms with Crippen molar-refractivity contribution in [3.8, 4) is 17.1 Å². The summed E-state index contributed by atoms with van der Waals surface area (Å²) in [6.07, 6.45) is 1.74. The average molecular weight is 644 g/mol. The van der Waals surface area contributed by atoms with Crippen LogP contribution in [0.25, 0.3) is 11.3 Å². The minimum atomic E-state index is -0.375. The summed E-state index contributed by atoms with van der Waals surface area (Å²) >= 11 is 9.24. The van der Waals surface area contributed by atoms with Crippen LogP contribution in [0.1, 0.15) is 23.5 Å². The summed E-state index contributed by atoms with van der Waals surface area (Å²) in [5, 5.41) is 6.77. The number of ether oxygens (including phenoxy) is 1. The Morgan fingerprint density at radius 1 is 1.02 bits per heavy atom. The van der Waals surface area contributed by atoms with Crippen molar-refractivity contribution in [2.75, 3.05) is 16.8 Å². The quantitative estimate of drug-likeness (QED) is 0.170. The van der Waals surface area contributed by atoms with E-state index < -0.39 is 0 Å². The number of amides is 1. The van der Waals surface area contributed by atoms with E-state index in [1.165, 1.54) is 12.1 Å². The first kappa shape index (κ1) is 27.6. The van der Waals surface area contributed by atoms with Gasteiger partial charge in [-0.15, -0.1) is 0 Å². The van der Waals surface area contributed by atoms with Crippen molar-refractivity contribution in [3.05, 3.63) is 131 Å². The van der Waals surface area contributed by atoms with Gasteiger partial charge in [-0.05, 0) is 107 Å². The Morgan fingerprint density at radius 2 is 1.81 bits per heavy atom. The van der Waals surface area contributed by atoms with E-state index in [0.29, 0.717) is 32.5 Å². The summed E-state index contributed by atoms with van der Waals surface area (Å²) in [7, 11) is 0. The topological polar surface area (TPSA) is 79.6 Å². The molecular formula is C32H24BrFN4O3S. The van der Waals surface area contributed by atoms with E-state index in [1.807, 2.05) is 77.7 Å². The molecule has 1 aliphatic rings. The van der Waals surface area contributed by atoms with Gasteiger partial charge in [-0.1, -0.05) is 24.3 Å². The second-order valence-electron chi connectivity index (χ2n) is 9.52. The summed E-state index contributed by atoms with van der Waals surface area (Å²) in [6, 6.07) is 29.8. The van der Waals surface area contributed by atoms with Crippen LogP contribution in [0.2, 0.25) is 0 Å². The Balaban J connectivity index is 1.26. The Labute approximate surface area is 255 Å². The molecule has 0 unspecified atom stereocenters. The molecule has 2 N–H and O–H groups in total. The fourth-order valence-corrected chi connectivity index (χ4v) is 5.73. The number of nitrogens with one attached hydrogen (secondary N) is 2. The fourth-order valence-electron chi connectivity index (χ4n) is 4.84. The maximum Gasteiger partial charge on any atom is 0.262 e.